The van der Waals surface area contributed by atoms with Gasteiger partial charge >= 0.3 is 0 Å². The van der Waals surface area contributed by atoms with E-state index in [1.54, 1.807) is 0 Å². The molecule has 0 saturated carbocycles. The van der Waals surface area contributed by atoms with Crippen LogP contribution in [-0.2, 0) is 16.6 Å². The first-order valence-corrected chi connectivity index (χ1v) is 10.9. The Labute approximate surface area is 156 Å². The first-order chi connectivity index (χ1) is 12.3. The maximum absolute atomic E-state index is 12.6. The van der Waals surface area contributed by atoms with Gasteiger partial charge in [0.15, 0.2) is 0 Å². The Morgan fingerprint density at radius 3 is 2.04 bits per heavy atom. The highest BCUT2D eigenvalue weighted by atomic mass is 32.2. The van der Waals surface area contributed by atoms with Crippen molar-refractivity contribution >= 4 is 15.9 Å². The van der Waals surface area contributed by atoms with Crippen molar-refractivity contribution in [3.8, 4) is 0 Å². The molecule has 0 bridgehead atoms. The van der Waals surface area contributed by atoms with Crippen LogP contribution in [0.5, 0.6) is 0 Å². The summed E-state index contributed by atoms with van der Waals surface area (Å²) in [7, 11) is -1.01. The van der Waals surface area contributed by atoms with Gasteiger partial charge in [-0.15, -0.1) is 0 Å². The molecule has 2 aliphatic rings. The lowest BCUT2D eigenvalue weighted by Crippen LogP contribution is -2.47. The van der Waals surface area contributed by atoms with E-state index in [1.165, 1.54) is 10.6 Å². The van der Waals surface area contributed by atoms with Crippen LogP contribution in [0.15, 0.2) is 24.3 Å². The fourth-order valence-corrected chi connectivity index (χ4v) is 4.25. The SMILES string of the molecule is CN1CCN(C(=O)c2ccc(CN3CCN(S(C)(=O)=O)CC3)cc2)CC1. The van der Waals surface area contributed by atoms with Gasteiger partial charge in [-0.25, -0.2) is 8.42 Å². The van der Waals surface area contributed by atoms with Crippen molar-refractivity contribution in [3.63, 3.8) is 0 Å². The van der Waals surface area contributed by atoms with E-state index < -0.39 is 10.0 Å². The summed E-state index contributed by atoms with van der Waals surface area (Å²) in [4.78, 5) is 19.0. The number of carbonyl (C=O) groups is 1. The lowest BCUT2D eigenvalue weighted by atomic mass is 10.1. The van der Waals surface area contributed by atoms with Crippen LogP contribution < -0.4 is 0 Å². The van der Waals surface area contributed by atoms with Gasteiger partial charge in [-0.1, -0.05) is 12.1 Å². The molecule has 1 aromatic rings. The molecule has 8 heteroatoms. The zero-order chi connectivity index (χ0) is 18.7. The molecule has 2 fully saturated rings. The molecule has 2 aliphatic heterocycles. The van der Waals surface area contributed by atoms with Gasteiger partial charge in [0.1, 0.15) is 0 Å². The fraction of sp³-hybridized carbons (Fsp3) is 0.611. The minimum atomic E-state index is -3.09. The van der Waals surface area contributed by atoms with Crippen LogP contribution in [-0.4, -0.2) is 99.0 Å². The lowest BCUT2D eigenvalue weighted by molar-refractivity contribution is 0.0664. The lowest BCUT2D eigenvalue weighted by Gasteiger charge is -2.33. The zero-order valence-corrected chi connectivity index (χ0v) is 16.4. The maximum atomic E-state index is 12.6. The second-order valence-corrected chi connectivity index (χ2v) is 9.21. The monoisotopic (exact) mass is 380 g/mol. The van der Waals surface area contributed by atoms with Crippen LogP contribution in [0.2, 0.25) is 0 Å². The van der Waals surface area contributed by atoms with Crippen molar-refractivity contribution in [2.45, 2.75) is 6.54 Å². The Morgan fingerprint density at radius 1 is 0.923 bits per heavy atom. The summed E-state index contributed by atoms with van der Waals surface area (Å²) < 4.78 is 24.7. The minimum Gasteiger partial charge on any atom is -0.336 e. The normalized spacial score (nSPS) is 21.1. The molecule has 0 aromatic heterocycles. The summed E-state index contributed by atoms with van der Waals surface area (Å²) in [5.41, 5.74) is 1.88. The smallest absolute Gasteiger partial charge is 0.253 e. The second-order valence-electron chi connectivity index (χ2n) is 7.23. The highest BCUT2D eigenvalue weighted by molar-refractivity contribution is 7.88. The molecule has 7 nitrogen and oxygen atoms in total. The maximum Gasteiger partial charge on any atom is 0.253 e. The summed E-state index contributed by atoms with van der Waals surface area (Å²) >= 11 is 0. The standard InChI is InChI=1S/C18H28N4O3S/c1-19-7-11-21(12-8-19)18(23)17-5-3-16(4-6-17)15-20-9-13-22(14-10-20)26(2,24)25/h3-6H,7-15H2,1-2H3. The van der Waals surface area contributed by atoms with Gasteiger partial charge in [-0.3, -0.25) is 9.69 Å². The van der Waals surface area contributed by atoms with Crippen LogP contribution >= 0.6 is 0 Å². The summed E-state index contributed by atoms with van der Waals surface area (Å²) in [5, 5.41) is 0. The van der Waals surface area contributed by atoms with E-state index in [0.717, 1.165) is 56.9 Å². The molecule has 2 heterocycles. The molecule has 0 N–H and O–H groups in total. The molecule has 1 amide bonds. The molecular weight excluding hydrogens is 352 g/mol. The molecule has 26 heavy (non-hydrogen) atoms. The van der Waals surface area contributed by atoms with Gasteiger partial charge in [0.05, 0.1) is 6.26 Å². The fourth-order valence-electron chi connectivity index (χ4n) is 3.42. The number of nitrogens with zero attached hydrogens (tertiary/aromatic N) is 4. The Morgan fingerprint density at radius 2 is 1.50 bits per heavy atom. The van der Waals surface area contributed by atoms with Crippen LogP contribution in [0.1, 0.15) is 15.9 Å². The number of hydrogen-bond donors (Lipinski definition) is 0. The predicted octanol–water partition coefficient (Wildman–Crippen LogP) is 0.151. The summed E-state index contributed by atoms with van der Waals surface area (Å²) in [6.07, 6.45) is 1.26. The number of benzene rings is 1. The van der Waals surface area contributed by atoms with Gasteiger partial charge in [0.25, 0.3) is 5.91 Å². The van der Waals surface area contributed by atoms with Gasteiger partial charge in [0, 0.05) is 64.5 Å². The topological polar surface area (TPSA) is 64.2 Å². The molecule has 0 unspecified atom stereocenters. The minimum absolute atomic E-state index is 0.103. The first-order valence-electron chi connectivity index (χ1n) is 9.07. The van der Waals surface area contributed by atoms with Crippen molar-refractivity contribution in [2.24, 2.45) is 0 Å². The van der Waals surface area contributed by atoms with E-state index in [0.29, 0.717) is 13.1 Å². The molecular formula is C18H28N4O3S. The molecule has 0 radical (unpaired) electrons. The average molecular weight is 381 g/mol. The number of piperazine rings is 2. The number of hydrogen-bond acceptors (Lipinski definition) is 5. The van der Waals surface area contributed by atoms with E-state index in [9.17, 15) is 13.2 Å². The predicted molar refractivity (Wildman–Crippen MR) is 102 cm³/mol. The van der Waals surface area contributed by atoms with Gasteiger partial charge in [0.2, 0.25) is 10.0 Å². The van der Waals surface area contributed by atoms with E-state index in [4.69, 9.17) is 0 Å². The van der Waals surface area contributed by atoms with E-state index in [-0.39, 0.29) is 5.91 Å². The van der Waals surface area contributed by atoms with Gasteiger partial charge < -0.3 is 9.80 Å². The Hall–Kier alpha value is -1.48. The quantitative estimate of drug-likeness (QED) is 0.744. The highest BCUT2D eigenvalue weighted by Gasteiger charge is 2.23. The van der Waals surface area contributed by atoms with Crippen molar-refractivity contribution in [2.75, 3.05) is 65.7 Å². The number of sulfonamides is 1. The third kappa shape index (κ3) is 4.82. The summed E-state index contributed by atoms with van der Waals surface area (Å²) in [6, 6.07) is 7.82. The molecule has 2 saturated heterocycles. The van der Waals surface area contributed by atoms with Crippen molar-refractivity contribution in [3.05, 3.63) is 35.4 Å². The van der Waals surface area contributed by atoms with Crippen molar-refractivity contribution < 1.29 is 13.2 Å². The van der Waals surface area contributed by atoms with Crippen LogP contribution in [0.4, 0.5) is 0 Å². The average Bonchev–Trinajstić information content (AvgIpc) is 2.62. The summed E-state index contributed by atoms with van der Waals surface area (Å²) in [5.74, 6) is 0.103. The Bertz CT molecular complexity index is 719. The number of rotatable bonds is 4. The van der Waals surface area contributed by atoms with Gasteiger partial charge in [-0.2, -0.15) is 4.31 Å². The van der Waals surface area contributed by atoms with E-state index in [2.05, 4.69) is 16.8 Å². The number of likely N-dealkylation sites (N-methyl/N-ethyl adjacent to an activating group) is 1. The molecule has 1 aromatic carbocycles. The highest BCUT2D eigenvalue weighted by Crippen LogP contribution is 2.13. The van der Waals surface area contributed by atoms with Crippen LogP contribution in [0.25, 0.3) is 0 Å². The van der Waals surface area contributed by atoms with Gasteiger partial charge in [-0.05, 0) is 24.7 Å². The Kier molecular flexibility index (Phi) is 5.96. The molecule has 0 aliphatic carbocycles. The first kappa shape index (κ1) is 19.3. The van der Waals surface area contributed by atoms with Crippen molar-refractivity contribution in [1.82, 2.24) is 19.0 Å². The third-order valence-electron chi connectivity index (χ3n) is 5.20. The van der Waals surface area contributed by atoms with E-state index >= 15 is 0 Å². The summed E-state index contributed by atoms with van der Waals surface area (Å²) in [6.45, 7) is 6.72. The molecule has 0 spiro atoms. The largest absolute Gasteiger partial charge is 0.336 e. The number of carbonyl (C=O) groups excluding carboxylic acids is 1. The van der Waals surface area contributed by atoms with E-state index in [1.807, 2.05) is 29.2 Å². The van der Waals surface area contributed by atoms with Crippen LogP contribution in [0.3, 0.4) is 0 Å². The number of amides is 1. The Balaban J connectivity index is 1.53. The third-order valence-corrected chi connectivity index (χ3v) is 6.50. The molecule has 144 valence electrons. The second kappa shape index (κ2) is 8.04. The van der Waals surface area contributed by atoms with Crippen molar-refractivity contribution in [1.29, 1.82) is 0 Å². The van der Waals surface area contributed by atoms with Crippen LogP contribution in [0, 0.1) is 0 Å². The molecule has 0 atom stereocenters. The molecule has 3 rings (SSSR count). The zero-order valence-electron chi connectivity index (χ0n) is 15.6.